The summed E-state index contributed by atoms with van der Waals surface area (Å²) < 4.78 is 16.6. The third kappa shape index (κ3) is 3.32. The Hall–Kier alpha value is -1.47. The van der Waals surface area contributed by atoms with Crippen molar-refractivity contribution in [3.63, 3.8) is 0 Å². The first-order valence-electron chi connectivity index (χ1n) is 9.04. The first-order valence-corrected chi connectivity index (χ1v) is 9.04. The number of carbonyl (C=O) groups excluding carboxylic acids is 1. The van der Waals surface area contributed by atoms with Crippen molar-refractivity contribution in [3.05, 3.63) is 11.7 Å². The van der Waals surface area contributed by atoms with Gasteiger partial charge in [-0.25, -0.2) is 0 Å². The molecule has 0 N–H and O–H groups in total. The summed E-state index contributed by atoms with van der Waals surface area (Å²) >= 11 is 0. The Morgan fingerprint density at radius 3 is 2.75 bits per heavy atom. The molecule has 0 radical (unpaired) electrons. The van der Waals surface area contributed by atoms with Crippen molar-refractivity contribution in [3.8, 4) is 0 Å². The van der Waals surface area contributed by atoms with E-state index in [2.05, 4.69) is 10.1 Å². The number of amides is 1. The van der Waals surface area contributed by atoms with Crippen LogP contribution in [0.3, 0.4) is 0 Å². The number of nitrogens with zero attached hydrogens (tertiary/aromatic N) is 3. The molecule has 1 aliphatic carbocycles. The summed E-state index contributed by atoms with van der Waals surface area (Å²) in [7, 11) is 0. The van der Waals surface area contributed by atoms with Gasteiger partial charge in [0.1, 0.15) is 6.04 Å². The molecule has 3 aliphatic rings. The fourth-order valence-electron chi connectivity index (χ4n) is 3.62. The smallest absolute Gasteiger partial charge is 0.252 e. The molecule has 1 aromatic heterocycles. The summed E-state index contributed by atoms with van der Waals surface area (Å²) in [6.45, 7) is 4.63. The second kappa shape index (κ2) is 6.80. The van der Waals surface area contributed by atoms with E-state index in [1.54, 1.807) is 0 Å². The molecule has 7 nitrogen and oxygen atoms in total. The predicted octanol–water partition coefficient (Wildman–Crippen LogP) is 2.05. The van der Waals surface area contributed by atoms with Gasteiger partial charge >= 0.3 is 0 Å². The van der Waals surface area contributed by atoms with Gasteiger partial charge in [-0.05, 0) is 38.5 Å². The molecule has 1 amide bonds. The highest BCUT2D eigenvalue weighted by molar-refractivity contribution is 5.77. The minimum atomic E-state index is -0.272. The predicted molar refractivity (Wildman–Crippen MR) is 84.3 cm³/mol. The highest BCUT2D eigenvalue weighted by Crippen LogP contribution is 2.39. The van der Waals surface area contributed by atoms with E-state index in [9.17, 15) is 4.79 Å². The van der Waals surface area contributed by atoms with Crippen LogP contribution in [0.4, 0.5) is 0 Å². The number of hydrogen-bond acceptors (Lipinski definition) is 6. The van der Waals surface area contributed by atoms with E-state index in [1.807, 2.05) is 11.8 Å². The van der Waals surface area contributed by atoms with Gasteiger partial charge < -0.3 is 18.9 Å². The van der Waals surface area contributed by atoms with E-state index < -0.39 is 0 Å². The molecule has 0 spiro atoms. The van der Waals surface area contributed by atoms with E-state index in [1.165, 1.54) is 0 Å². The Labute approximate surface area is 141 Å². The molecule has 4 rings (SSSR count). The van der Waals surface area contributed by atoms with Crippen LogP contribution in [-0.2, 0) is 14.3 Å². The lowest BCUT2D eigenvalue weighted by Gasteiger charge is -2.38. The maximum Gasteiger partial charge on any atom is 0.252 e. The van der Waals surface area contributed by atoms with Gasteiger partial charge in [-0.2, -0.15) is 4.98 Å². The quantitative estimate of drug-likeness (QED) is 0.838. The average molecular weight is 335 g/mol. The number of ether oxygens (including phenoxy) is 2. The first kappa shape index (κ1) is 16.0. The average Bonchev–Trinajstić information content (AvgIpc) is 3.33. The van der Waals surface area contributed by atoms with E-state index in [-0.39, 0.29) is 18.1 Å². The summed E-state index contributed by atoms with van der Waals surface area (Å²) in [6, 6.07) is -0.272. The molecule has 2 atom stereocenters. The summed E-state index contributed by atoms with van der Waals surface area (Å²) in [5.74, 6) is 2.31. The zero-order chi connectivity index (χ0) is 16.5. The van der Waals surface area contributed by atoms with Gasteiger partial charge in [-0.1, -0.05) is 5.16 Å². The van der Waals surface area contributed by atoms with E-state index in [0.29, 0.717) is 37.3 Å². The zero-order valence-corrected chi connectivity index (χ0v) is 14.1. The van der Waals surface area contributed by atoms with Gasteiger partial charge in [0.2, 0.25) is 5.91 Å². The largest absolute Gasteiger partial charge is 0.381 e. The monoisotopic (exact) mass is 335 g/mol. The molecule has 0 unspecified atom stereocenters. The first-order chi connectivity index (χ1) is 11.7. The fraction of sp³-hybridized carbons (Fsp3) is 0.824. The lowest BCUT2D eigenvalue weighted by molar-refractivity contribution is -0.149. The second-order valence-electron chi connectivity index (χ2n) is 7.13. The Kier molecular flexibility index (Phi) is 4.54. The Balaban J connectivity index is 1.48. The van der Waals surface area contributed by atoms with Crippen LogP contribution < -0.4 is 0 Å². The SMILES string of the molecule is C[C@H]1OCCN(C(=O)CC2CCOCC2)[C@@H]1c1nc(C2CC2)no1. The van der Waals surface area contributed by atoms with Gasteiger partial charge in [0, 0.05) is 32.1 Å². The Morgan fingerprint density at radius 2 is 2.00 bits per heavy atom. The molecule has 0 aromatic carbocycles. The molecule has 3 heterocycles. The van der Waals surface area contributed by atoms with Crippen LogP contribution in [0.25, 0.3) is 0 Å². The van der Waals surface area contributed by atoms with Gasteiger partial charge in [0.05, 0.1) is 12.7 Å². The number of carbonyl (C=O) groups is 1. The molecule has 0 bridgehead atoms. The maximum atomic E-state index is 12.9. The van der Waals surface area contributed by atoms with Crippen LogP contribution in [0.2, 0.25) is 0 Å². The van der Waals surface area contributed by atoms with Gasteiger partial charge in [0.15, 0.2) is 5.82 Å². The zero-order valence-electron chi connectivity index (χ0n) is 14.1. The van der Waals surface area contributed by atoms with Crippen molar-refractivity contribution in [1.82, 2.24) is 15.0 Å². The van der Waals surface area contributed by atoms with Crippen LogP contribution >= 0.6 is 0 Å². The maximum absolute atomic E-state index is 12.9. The normalized spacial score (nSPS) is 29.0. The van der Waals surface area contributed by atoms with Crippen LogP contribution in [-0.4, -0.2) is 53.4 Å². The summed E-state index contributed by atoms with van der Waals surface area (Å²) in [5, 5.41) is 4.10. The fourth-order valence-corrected chi connectivity index (χ4v) is 3.62. The van der Waals surface area contributed by atoms with Crippen molar-refractivity contribution < 1.29 is 18.8 Å². The third-order valence-electron chi connectivity index (χ3n) is 5.27. The van der Waals surface area contributed by atoms with Crippen molar-refractivity contribution >= 4 is 5.91 Å². The van der Waals surface area contributed by atoms with E-state index in [4.69, 9.17) is 14.0 Å². The molecule has 132 valence electrons. The van der Waals surface area contributed by atoms with E-state index in [0.717, 1.165) is 44.7 Å². The van der Waals surface area contributed by atoms with Crippen LogP contribution in [0.1, 0.15) is 62.7 Å². The minimum absolute atomic E-state index is 0.134. The molecule has 2 saturated heterocycles. The van der Waals surface area contributed by atoms with Crippen LogP contribution in [0.5, 0.6) is 0 Å². The third-order valence-corrected chi connectivity index (χ3v) is 5.27. The van der Waals surface area contributed by atoms with Gasteiger partial charge in [0.25, 0.3) is 5.89 Å². The standard InChI is InChI=1S/C17H25N3O4/c1-11-15(17-18-16(19-24-17)13-2-3-13)20(6-9-23-11)14(21)10-12-4-7-22-8-5-12/h11-13,15H,2-10H2,1H3/t11-,15+/m1/s1. The van der Waals surface area contributed by atoms with Crippen molar-refractivity contribution in [2.24, 2.45) is 5.92 Å². The second-order valence-corrected chi connectivity index (χ2v) is 7.13. The number of rotatable bonds is 4. The lowest BCUT2D eigenvalue weighted by Crippen LogP contribution is -2.48. The van der Waals surface area contributed by atoms with Crippen LogP contribution in [0, 0.1) is 5.92 Å². The Bertz CT molecular complexity index is 580. The number of morpholine rings is 1. The molecule has 7 heteroatoms. The molecular formula is C17H25N3O4. The van der Waals surface area contributed by atoms with Crippen LogP contribution in [0.15, 0.2) is 4.52 Å². The van der Waals surface area contributed by atoms with E-state index >= 15 is 0 Å². The highest BCUT2D eigenvalue weighted by atomic mass is 16.5. The molecular weight excluding hydrogens is 310 g/mol. The molecule has 3 fully saturated rings. The molecule has 1 aromatic rings. The number of hydrogen-bond donors (Lipinski definition) is 0. The molecule has 24 heavy (non-hydrogen) atoms. The lowest BCUT2D eigenvalue weighted by atomic mass is 9.95. The van der Waals surface area contributed by atoms with Crippen molar-refractivity contribution in [2.45, 2.75) is 57.1 Å². The molecule has 1 saturated carbocycles. The summed E-state index contributed by atoms with van der Waals surface area (Å²) in [4.78, 5) is 19.3. The Morgan fingerprint density at radius 1 is 1.21 bits per heavy atom. The number of aromatic nitrogens is 2. The molecule has 2 aliphatic heterocycles. The van der Waals surface area contributed by atoms with Gasteiger partial charge in [-0.3, -0.25) is 4.79 Å². The van der Waals surface area contributed by atoms with Gasteiger partial charge in [-0.15, -0.1) is 0 Å². The topological polar surface area (TPSA) is 77.7 Å². The minimum Gasteiger partial charge on any atom is -0.381 e. The highest BCUT2D eigenvalue weighted by Gasteiger charge is 2.39. The summed E-state index contributed by atoms with van der Waals surface area (Å²) in [5.41, 5.74) is 0. The summed E-state index contributed by atoms with van der Waals surface area (Å²) in [6.07, 6.45) is 4.61. The van der Waals surface area contributed by atoms with Crippen molar-refractivity contribution in [2.75, 3.05) is 26.4 Å². The van der Waals surface area contributed by atoms with Crippen molar-refractivity contribution in [1.29, 1.82) is 0 Å².